The summed E-state index contributed by atoms with van der Waals surface area (Å²) in [7, 11) is -4.46. The summed E-state index contributed by atoms with van der Waals surface area (Å²) in [5, 5.41) is 0. The summed E-state index contributed by atoms with van der Waals surface area (Å²) in [4.78, 5) is 28.9. The summed E-state index contributed by atoms with van der Waals surface area (Å²) in [5.41, 5.74) is -6.35. The minimum atomic E-state index is -5.92. The zero-order valence-corrected chi connectivity index (χ0v) is 16.5. The Balaban J connectivity index is 1.99. The van der Waals surface area contributed by atoms with E-state index in [1.807, 2.05) is 0 Å². The van der Waals surface area contributed by atoms with Crippen LogP contribution in [0.5, 0.6) is 17.4 Å². The highest BCUT2D eigenvalue weighted by atomic mass is 32.2. The smallest absolute Gasteiger partial charge is 0.497 e. The number of benzene rings is 2. The standard InChI is InChI=1S/C18H14F3N3O6S/c1-29-11-6-8-12(9-7-11)30-16-17(26)24(14-5-3-2-4-13(14)22-16)10-15(25)23-31(27,28)18(19,20)21/h2-9H,10H2,1H3,(H,23,25). The first kappa shape index (κ1) is 22.1. The second kappa shape index (κ2) is 8.26. The van der Waals surface area contributed by atoms with E-state index in [0.717, 1.165) is 9.29 Å². The molecule has 0 aliphatic carbocycles. The molecule has 0 spiro atoms. The Morgan fingerprint density at radius 2 is 1.71 bits per heavy atom. The molecule has 1 aromatic heterocycles. The molecule has 0 saturated carbocycles. The van der Waals surface area contributed by atoms with Crippen molar-refractivity contribution in [3.8, 4) is 17.4 Å². The van der Waals surface area contributed by atoms with Crippen molar-refractivity contribution in [2.75, 3.05) is 7.11 Å². The minimum absolute atomic E-state index is 0.0918. The molecule has 0 aliphatic rings. The van der Waals surface area contributed by atoms with Gasteiger partial charge in [0.25, 0.3) is 11.8 Å². The third kappa shape index (κ3) is 4.77. The van der Waals surface area contributed by atoms with Crippen LogP contribution in [0.1, 0.15) is 0 Å². The van der Waals surface area contributed by atoms with Gasteiger partial charge in [-0.25, -0.2) is 9.71 Å². The van der Waals surface area contributed by atoms with Gasteiger partial charge in [-0.05, 0) is 36.4 Å². The number of carbonyl (C=O) groups excluding carboxylic acids is 1. The Hall–Kier alpha value is -3.61. The zero-order valence-electron chi connectivity index (χ0n) is 15.7. The van der Waals surface area contributed by atoms with Crippen molar-refractivity contribution in [2.45, 2.75) is 12.1 Å². The Morgan fingerprint density at radius 3 is 2.32 bits per heavy atom. The van der Waals surface area contributed by atoms with E-state index in [9.17, 15) is 31.2 Å². The number of methoxy groups -OCH3 is 1. The number of fused-ring (bicyclic) bond motifs is 1. The second-order valence-electron chi connectivity index (χ2n) is 6.05. The molecule has 1 heterocycles. The molecule has 0 aliphatic heterocycles. The predicted molar refractivity (Wildman–Crippen MR) is 102 cm³/mol. The summed E-state index contributed by atoms with van der Waals surface area (Å²) in [6, 6.07) is 12.1. The first-order valence-electron chi connectivity index (χ1n) is 8.45. The van der Waals surface area contributed by atoms with Crippen LogP contribution in [-0.4, -0.2) is 36.5 Å². The molecule has 13 heteroatoms. The van der Waals surface area contributed by atoms with Crippen molar-refractivity contribution in [2.24, 2.45) is 0 Å². The molecule has 0 bridgehead atoms. The summed E-state index contributed by atoms with van der Waals surface area (Å²) >= 11 is 0. The number of nitrogens with one attached hydrogen (secondary N) is 1. The van der Waals surface area contributed by atoms with Gasteiger partial charge in [0.05, 0.1) is 18.1 Å². The maximum absolute atomic E-state index is 12.8. The molecule has 0 saturated heterocycles. The van der Waals surface area contributed by atoms with Crippen molar-refractivity contribution in [1.82, 2.24) is 14.3 Å². The fourth-order valence-electron chi connectivity index (χ4n) is 2.53. The monoisotopic (exact) mass is 457 g/mol. The molecule has 0 fully saturated rings. The fraction of sp³-hybridized carbons (Fsp3) is 0.167. The van der Waals surface area contributed by atoms with Gasteiger partial charge in [-0.15, -0.1) is 0 Å². The van der Waals surface area contributed by atoms with E-state index >= 15 is 0 Å². The first-order chi connectivity index (χ1) is 14.5. The largest absolute Gasteiger partial charge is 0.516 e. The van der Waals surface area contributed by atoms with E-state index in [0.29, 0.717) is 5.75 Å². The topological polar surface area (TPSA) is 117 Å². The Bertz CT molecular complexity index is 1290. The van der Waals surface area contributed by atoms with E-state index in [2.05, 4.69) is 4.98 Å². The van der Waals surface area contributed by atoms with Crippen molar-refractivity contribution in [3.63, 3.8) is 0 Å². The molecule has 3 aromatic rings. The molecule has 2 aromatic carbocycles. The maximum Gasteiger partial charge on any atom is 0.516 e. The summed E-state index contributed by atoms with van der Waals surface area (Å²) in [6.45, 7) is -1.02. The number of para-hydroxylation sites is 2. The van der Waals surface area contributed by atoms with Crippen LogP contribution >= 0.6 is 0 Å². The van der Waals surface area contributed by atoms with Gasteiger partial charge in [-0.1, -0.05) is 12.1 Å². The van der Waals surface area contributed by atoms with Crippen molar-refractivity contribution < 1.29 is 35.9 Å². The van der Waals surface area contributed by atoms with Gasteiger partial charge >= 0.3 is 21.1 Å². The average Bonchev–Trinajstić information content (AvgIpc) is 2.70. The van der Waals surface area contributed by atoms with Crippen LogP contribution < -0.4 is 19.8 Å². The lowest BCUT2D eigenvalue weighted by atomic mass is 10.3. The van der Waals surface area contributed by atoms with Gasteiger partial charge in [-0.2, -0.15) is 21.6 Å². The number of amides is 1. The molecule has 0 unspecified atom stereocenters. The SMILES string of the molecule is COc1ccc(Oc2nc3ccccc3n(CC(=O)NS(=O)(=O)C(F)(F)F)c2=O)cc1. The number of carbonyl (C=O) groups is 1. The molecule has 9 nitrogen and oxygen atoms in total. The van der Waals surface area contributed by atoms with E-state index in [4.69, 9.17) is 9.47 Å². The summed E-state index contributed by atoms with van der Waals surface area (Å²) in [6.07, 6.45) is 0. The van der Waals surface area contributed by atoms with Crippen LogP contribution in [0.4, 0.5) is 13.2 Å². The molecule has 1 N–H and O–H groups in total. The Kier molecular flexibility index (Phi) is 5.88. The molecule has 3 rings (SSSR count). The number of ether oxygens (including phenoxy) is 2. The molecule has 31 heavy (non-hydrogen) atoms. The third-order valence-electron chi connectivity index (χ3n) is 3.95. The number of hydrogen-bond donors (Lipinski definition) is 1. The Labute approximate surface area is 173 Å². The van der Waals surface area contributed by atoms with Crippen molar-refractivity contribution in [3.05, 3.63) is 58.9 Å². The normalized spacial score (nSPS) is 11.9. The van der Waals surface area contributed by atoms with Gasteiger partial charge in [0, 0.05) is 0 Å². The highest BCUT2D eigenvalue weighted by molar-refractivity contribution is 7.90. The number of halogens is 3. The van der Waals surface area contributed by atoms with Crippen LogP contribution in [0, 0.1) is 0 Å². The highest BCUT2D eigenvalue weighted by Gasteiger charge is 2.47. The van der Waals surface area contributed by atoms with Crippen molar-refractivity contribution >= 4 is 27.0 Å². The molecule has 0 atom stereocenters. The van der Waals surface area contributed by atoms with Crippen LogP contribution in [0.2, 0.25) is 0 Å². The minimum Gasteiger partial charge on any atom is -0.497 e. The van der Waals surface area contributed by atoms with Gasteiger partial charge < -0.3 is 9.47 Å². The zero-order chi connectivity index (χ0) is 22.8. The van der Waals surface area contributed by atoms with Crippen LogP contribution in [0.3, 0.4) is 0 Å². The number of rotatable bonds is 6. The van der Waals surface area contributed by atoms with Gasteiger partial charge in [0.15, 0.2) is 0 Å². The van der Waals surface area contributed by atoms with Crippen LogP contribution in [0.15, 0.2) is 53.3 Å². The lowest BCUT2D eigenvalue weighted by molar-refractivity contribution is -0.120. The van der Waals surface area contributed by atoms with Gasteiger partial charge in [0.1, 0.15) is 18.0 Å². The van der Waals surface area contributed by atoms with Gasteiger partial charge in [-0.3, -0.25) is 14.2 Å². The molecule has 164 valence electrons. The summed E-state index contributed by atoms with van der Waals surface area (Å²) < 4.78 is 72.0. The van der Waals surface area contributed by atoms with Gasteiger partial charge in [0.2, 0.25) is 0 Å². The lowest BCUT2D eigenvalue weighted by Crippen LogP contribution is -2.42. The number of hydrogen-bond acceptors (Lipinski definition) is 7. The van der Waals surface area contributed by atoms with E-state index < -0.39 is 39.4 Å². The molecular weight excluding hydrogens is 443 g/mol. The van der Waals surface area contributed by atoms with E-state index in [1.54, 1.807) is 18.2 Å². The molecule has 0 radical (unpaired) electrons. The third-order valence-corrected chi connectivity index (χ3v) is 5.06. The number of nitrogens with zero attached hydrogens (tertiary/aromatic N) is 2. The highest BCUT2D eigenvalue weighted by Crippen LogP contribution is 2.23. The maximum atomic E-state index is 12.8. The molecule has 1 amide bonds. The molecular formula is C18H14F3N3O6S. The number of aromatic nitrogens is 2. The average molecular weight is 457 g/mol. The van der Waals surface area contributed by atoms with E-state index in [-0.39, 0.29) is 16.8 Å². The first-order valence-corrected chi connectivity index (χ1v) is 9.93. The van der Waals surface area contributed by atoms with Crippen LogP contribution in [-0.2, 0) is 21.4 Å². The van der Waals surface area contributed by atoms with Crippen molar-refractivity contribution in [1.29, 1.82) is 0 Å². The Morgan fingerprint density at radius 1 is 1.10 bits per heavy atom. The van der Waals surface area contributed by atoms with Crippen LogP contribution in [0.25, 0.3) is 11.0 Å². The number of alkyl halides is 3. The second-order valence-corrected chi connectivity index (χ2v) is 7.72. The fourth-order valence-corrected chi connectivity index (χ4v) is 3.01. The van der Waals surface area contributed by atoms with E-state index in [1.165, 1.54) is 37.4 Å². The summed E-state index contributed by atoms with van der Waals surface area (Å²) in [5.74, 6) is -1.29. The quantitative estimate of drug-likeness (QED) is 0.603. The number of sulfonamides is 1. The predicted octanol–water partition coefficient (Wildman–Crippen LogP) is 2.16. The lowest BCUT2D eigenvalue weighted by Gasteiger charge is -2.13.